The number of carbonyl (C=O) groups excluding carboxylic acids is 1. The summed E-state index contributed by atoms with van der Waals surface area (Å²) in [7, 11) is 1.67. The van der Waals surface area contributed by atoms with E-state index in [-0.39, 0.29) is 25.7 Å². The molecule has 2 atom stereocenters. The first-order valence-electron chi connectivity index (χ1n) is 19.9. The SMILES string of the molecule is CCCCCCCCCCCCCCCCOCC(OCC(O)CO)N(CCCOC)C(=O)CCCCCCCCCCCCC. The van der Waals surface area contributed by atoms with E-state index in [1.54, 1.807) is 12.0 Å². The zero-order valence-electron chi connectivity index (χ0n) is 31.0. The maximum absolute atomic E-state index is 13.4. The molecule has 276 valence electrons. The quantitative estimate of drug-likeness (QED) is 0.0508. The molecule has 0 saturated carbocycles. The molecule has 46 heavy (non-hydrogen) atoms. The van der Waals surface area contributed by atoms with E-state index in [0.29, 0.717) is 32.6 Å². The average molecular weight is 658 g/mol. The summed E-state index contributed by atoms with van der Waals surface area (Å²) in [6.45, 7) is 6.12. The van der Waals surface area contributed by atoms with Crippen molar-refractivity contribution in [2.75, 3.05) is 46.7 Å². The van der Waals surface area contributed by atoms with Gasteiger partial charge in [0.1, 0.15) is 6.10 Å². The van der Waals surface area contributed by atoms with Gasteiger partial charge in [-0.1, -0.05) is 162 Å². The summed E-state index contributed by atoms with van der Waals surface area (Å²) in [4.78, 5) is 15.1. The molecule has 0 spiro atoms. The predicted molar refractivity (Wildman–Crippen MR) is 193 cm³/mol. The molecule has 0 aliphatic rings. The molecular formula is C39H79NO6. The number of aliphatic hydroxyl groups excluding tert-OH is 2. The second-order valence-corrected chi connectivity index (χ2v) is 13.5. The number of nitrogens with zero attached hydrogens (tertiary/aromatic N) is 1. The van der Waals surface area contributed by atoms with Gasteiger partial charge in [-0.2, -0.15) is 0 Å². The van der Waals surface area contributed by atoms with Crippen molar-refractivity contribution < 1.29 is 29.2 Å². The summed E-state index contributed by atoms with van der Waals surface area (Å²) in [6.07, 6.45) is 31.9. The largest absolute Gasteiger partial charge is 0.394 e. The van der Waals surface area contributed by atoms with Crippen LogP contribution >= 0.6 is 0 Å². The van der Waals surface area contributed by atoms with E-state index >= 15 is 0 Å². The van der Waals surface area contributed by atoms with Crippen molar-refractivity contribution in [1.82, 2.24) is 4.90 Å². The lowest BCUT2D eigenvalue weighted by Gasteiger charge is -2.32. The topological polar surface area (TPSA) is 88.5 Å². The van der Waals surface area contributed by atoms with E-state index in [2.05, 4.69) is 13.8 Å². The number of ether oxygens (including phenoxy) is 3. The molecule has 0 aromatic carbocycles. The molecule has 0 rings (SSSR count). The van der Waals surface area contributed by atoms with Crippen LogP contribution in [-0.2, 0) is 19.0 Å². The second kappa shape index (κ2) is 37.1. The molecule has 2 unspecified atom stereocenters. The molecule has 0 aliphatic heterocycles. The lowest BCUT2D eigenvalue weighted by atomic mass is 10.0. The van der Waals surface area contributed by atoms with Crippen molar-refractivity contribution in [3.8, 4) is 0 Å². The predicted octanol–water partition coefficient (Wildman–Crippen LogP) is 9.75. The number of carbonyl (C=O) groups is 1. The van der Waals surface area contributed by atoms with Crippen LogP contribution in [0.2, 0.25) is 0 Å². The Morgan fingerprint density at radius 1 is 0.587 bits per heavy atom. The normalized spacial score (nSPS) is 12.9. The summed E-state index contributed by atoms with van der Waals surface area (Å²) in [5, 5.41) is 19.2. The molecule has 0 saturated heterocycles. The van der Waals surface area contributed by atoms with Crippen LogP contribution in [0.1, 0.15) is 187 Å². The lowest BCUT2D eigenvalue weighted by Crippen LogP contribution is -2.46. The van der Waals surface area contributed by atoms with Crippen molar-refractivity contribution >= 4 is 5.91 Å². The van der Waals surface area contributed by atoms with Gasteiger partial charge in [-0.3, -0.25) is 4.79 Å². The highest BCUT2D eigenvalue weighted by Gasteiger charge is 2.25. The van der Waals surface area contributed by atoms with E-state index in [1.165, 1.54) is 135 Å². The van der Waals surface area contributed by atoms with Crippen LogP contribution in [0.25, 0.3) is 0 Å². The Labute approximate surface area is 285 Å². The van der Waals surface area contributed by atoms with Crippen molar-refractivity contribution in [2.45, 2.75) is 200 Å². The smallest absolute Gasteiger partial charge is 0.224 e. The first kappa shape index (κ1) is 45.3. The van der Waals surface area contributed by atoms with Crippen molar-refractivity contribution in [1.29, 1.82) is 0 Å². The molecule has 0 bridgehead atoms. The third-order valence-electron chi connectivity index (χ3n) is 9.00. The maximum Gasteiger partial charge on any atom is 0.224 e. The fraction of sp³-hybridized carbons (Fsp3) is 0.974. The molecule has 0 aromatic rings. The second-order valence-electron chi connectivity index (χ2n) is 13.5. The Morgan fingerprint density at radius 2 is 1.02 bits per heavy atom. The first-order chi connectivity index (χ1) is 22.6. The number of hydrogen-bond acceptors (Lipinski definition) is 6. The van der Waals surface area contributed by atoms with Gasteiger partial charge in [0.05, 0.1) is 19.8 Å². The van der Waals surface area contributed by atoms with Gasteiger partial charge in [0.25, 0.3) is 0 Å². The van der Waals surface area contributed by atoms with E-state index in [9.17, 15) is 15.0 Å². The summed E-state index contributed by atoms with van der Waals surface area (Å²) in [5.74, 6) is 0.0654. The van der Waals surface area contributed by atoms with E-state index in [4.69, 9.17) is 14.2 Å². The van der Waals surface area contributed by atoms with Gasteiger partial charge in [-0.15, -0.1) is 0 Å². The van der Waals surface area contributed by atoms with Crippen molar-refractivity contribution in [3.05, 3.63) is 0 Å². The number of rotatable bonds is 38. The molecule has 0 radical (unpaired) electrons. The van der Waals surface area contributed by atoms with E-state index in [1.807, 2.05) is 0 Å². The zero-order chi connectivity index (χ0) is 33.8. The van der Waals surface area contributed by atoms with Crippen molar-refractivity contribution in [3.63, 3.8) is 0 Å². The third kappa shape index (κ3) is 30.6. The lowest BCUT2D eigenvalue weighted by molar-refractivity contribution is -0.160. The van der Waals surface area contributed by atoms with Crippen LogP contribution in [0.15, 0.2) is 0 Å². The highest BCUT2D eigenvalue weighted by molar-refractivity contribution is 5.76. The van der Waals surface area contributed by atoms with Gasteiger partial charge < -0.3 is 29.3 Å². The fourth-order valence-corrected chi connectivity index (χ4v) is 5.98. The van der Waals surface area contributed by atoms with E-state index < -0.39 is 12.3 Å². The molecule has 0 fully saturated rings. The Balaban J connectivity index is 4.38. The molecular weight excluding hydrogens is 578 g/mol. The minimum atomic E-state index is -0.976. The number of hydrogen-bond donors (Lipinski definition) is 2. The molecule has 0 heterocycles. The standard InChI is InChI=1S/C39H79NO6/c1-4-6-8-10-12-14-16-17-18-20-22-24-26-28-33-45-36-39(46-35-37(42)34-41)40(31-29-32-44-3)38(43)30-27-25-23-21-19-15-13-11-9-7-5-2/h37,39,41-42H,4-36H2,1-3H3. The number of amides is 1. The van der Waals surface area contributed by atoms with Crippen LogP contribution in [-0.4, -0.2) is 80.0 Å². The Hall–Kier alpha value is -0.730. The summed E-state index contributed by atoms with van der Waals surface area (Å²) >= 11 is 0. The maximum atomic E-state index is 13.4. The molecule has 1 amide bonds. The summed E-state index contributed by atoms with van der Waals surface area (Å²) in [5.41, 5.74) is 0. The zero-order valence-corrected chi connectivity index (χ0v) is 31.0. The van der Waals surface area contributed by atoms with Crippen LogP contribution in [0.3, 0.4) is 0 Å². The van der Waals surface area contributed by atoms with Gasteiger partial charge in [0.15, 0.2) is 6.23 Å². The van der Waals surface area contributed by atoms with Crippen LogP contribution in [0.4, 0.5) is 0 Å². The van der Waals surface area contributed by atoms with Crippen LogP contribution in [0.5, 0.6) is 0 Å². The van der Waals surface area contributed by atoms with Gasteiger partial charge in [-0.05, 0) is 19.3 Å². The number of aliphatic hydroxyl groups is 2. The van der Waals surface area contributed by atoms with Gasteiger partial charge >= 0.3 is 0 Å². The minimum Gasteiger partial charge on any atom is -0.394 e. The molecule has 0 aliphatic carbocycles. The number of methoxy groups -OCH3 is 1. The van der Waals surface area contributed by atoms with E-state index in [0.717, 1.165) is 25.7 Å². The highest BCUT2D eigenvalue weighted by atomic mass is 16.6. The third-order valence-corrected chi connectivity index (χ3v) is 9.00. The van der Waals surface area contributed by atoms with Crippen LogP contribution < -0.4 is 0 Å². The fourth-order valence-electron chi connectivity index (χ4n) is 5.98. The molecule has 2 N–H and O–H groups in total. The van der Waals surface area contributed by atoms with Gasteiger partial charge in [0.2, 0.25) is 5.91 Å². The summed E-state index contributed by atoms with van der Waals surface area (Å²) in [6, 6.07) is 0. The van der Waals surface area contributed by atoms with Gasteiger partial charge in [-0.25, -0.2) is 0 Å². The summed E-state index contributed by atoms with van der Waals surface area (Å²) < 4.78 is 17.2. The highest BCUT2D eigenvalue weighted by Crippen LogP contribution is 2.16. The number of unbranched alkanes of at least 4 members (excludes halogenated alkanes) is 23. The Bertz CT molecular complexity index is 607. The van der Waals surface area contributed by atoms with Crippen LogP contribution in [0, 0.1) is 0 Å². The molecule has 7 heteroatoms. The van der Waals surface area contributed by atoms with Gasteiger partial charge in [0, 0.05) is 33.3 Å². The Morgan fingerprint density at radius 3 is 1.46 bits per heavy atom. The molecule has 0 aromatic heterocycles. The van der Waals surface area contributed by atoms with Crippen molar-refractivity contribution in [2.24, 2.45) is 0 Å². The molecule has 7 nitrogen and oxygen atoms in total. The first-order valence-corrected chi connectivity index (χ1v) is 19.9. The average Bonchev–Trinajstić information content (AvgIpc) is 3.06. The Kier molecular flexibility index (Phi) is 36.5. The monoisotopic (exact) mass is 658 g/mol. The minimum absolute atomic E-state index is 0.0319.